The van der Waals surface area contributed by atoms with Gasteiger partial charge in [-0.05, 0) is 30.5 Å². The number of hydrogen-bond acceptors (Lipinski definition) is 5. The molecule has 0 spiro atoms. The van der Waals surface area contributed by atoms with Gasteiger partial charge in [0.15, 0.2) is 0 Å². The maximum Gasteiger partial charge on any atom is 0.328 e. The van der Waals surface area contributed by atoms with Crippen LogP contribution in [0.5, 0.6) is 0 Å². The van der Waals surface area contributed by atoms with Crippen molar-refractivity contribution in [2.75, 3.05) is 11.9 Å². The molecule has 5 heteroatoms. The van der Waals surface area contributed by atoms with E-state index in [4.69, 9.17) is 14.7 Å². The zero-order chi connectivity index (χ0) is 23.8. The number of rotatable bonds is 9. The highest BCUT2D eigenvalue weighted by Crippen LogP contribution is 2.23. The van der Waals surface area contributed by atoms with Crippen LogP contribution < -0.4 is 5.32 Å². The van der Waals surface area contributed by atoms with Crippen LogP contribution in [0.15, 0.2) is 91.1 Å². The van der Waals surface area contributed by atoms with Crippen LogP contribution in [0, 0.1) is 6.92 Å². The smallest absolute Gasteiger partial charge is 0.328 e. The number of anilines is 1. The minimum Gasteiger partial charge on any atom is -0.464 e. The van der Waals surface area contributed by atoms with Crippen LogP contribution in [0.4, 0.5) is 5.82 Å². The molecule has 1 atom stereocenters. The number of carbonyl (C=O) groups is 1. The third-order valence-electron chi connectivity index (χ3n) is 5.70. The SMILES string of the molecule is CCOC(=O)C(Cc1ccccc1C)Nc1ncc(-c2ccccc2)nc1Cc1ccccc1. The lowest BCUT2D eigenvalue weighted by Gasteiger charge is -2.21. The van der Waals surface area contributed by atoms with E-state index in [1.54, 1.807) is 6.20 Å². The molecule has 0 saturated carbocycles. The van der Waals surface area contributed by atoms with Gasteiger partial charge in [0.2, 0.25) is 0 Å². The highest BCUT2D eigenvalue weighted by atomic mass is 16.5. The summed E-state index contributed by atoms with van der Waals surface area (Å²) in [4.78, 5) is 22.5. The summed E-state index contributed by atoms with van der Waals surface area (Å²) in [6.45, 7) is 4.19. The standard InChI is InChI=1S/C29H29N3O2/c1-3-34-29(33)26(19-24-17-11-10-12-21(24)2)32-28-25(18-22-13-6-4-7-14-22)31-27(20-30-28)23-15-8-5-9-16-23/h4-17,20,26H,3,18-19H2,1-2H3,(H,30,32). The molecule has 1 heterocycles. The minimum absolute atomic E-state index is 0.301. The van der Waals surface area contributed by atoms with Gasteiger partial charge in [-0.25, -0.2) is 14.8 Å². The third kappa shape index (κ3) is 5.87. The second-order valence-corrected chi connectivity index (χ2v) is 8.16. The normalized spacial score (nSPS) is 11.6. The third-order valence-corrected chi connectivity index (χ3v) is 5.70. The summed E-state index contributed by atoms with van der Waals surface area (Å²) in [6, 6.07) is 27.6. The van der Waals surface area contributed by atoms with E-state index < -0.39 is 6.04 Å². The number of hydrogen-bond donors (Lipinski definition) is 1. The topological polar surface area (TPSA) is 64.1 Å². The predicted octanol–water partition coefficient (Wildman–Crippen LogP) is 5.63. The first kappa shape index (κ1) is 23.2. The predicted molar refractivity (Wildman–Crippen MR) is 136 cm³/mol. The van der Waals surface area contributed by atoms with Crippen molar-refractivity contribution in [2.24, 2.45) is 0 Å². The van der Waals surface area contributed by atoms with Gasteiger partial charge in [-0.3, -0.25) is 0 Å². The number of aryl methyl sites for hydroxylation is 1. The van der Waals surface area contributed by atoms with Gasteiger partial charge in [-0.15, -0.1) is 0 Å². The molecular formula is C29H29N3O2. The van der Waals surface area contributed by atoms with E-state index in [0.29, 0.717) is 25.3 Å². The van der Waals surface area contributed by atoms with E-state index in [1.807, 2.05) is 86.6 Å². The molecule has 0 aliphatic rings. The van der Waals surface area contributed by atoms with Gasteiger partial charge in [0.25, 0.3) is 0 Å². The monoisotopic (exact) mass is 451 g/mol. The Morgan fingerprint density at radius 2 is 1.62 bits per heavy atom. The maximum absolute atomic E-state index is 12.9. The average molecular weight is 452 g/mol. The zero-order valence-electron chi connectivity index (χ0n) is 19.6. The lowest BCUT2D eigenvalue weighted by Crippen LogP contribution is -2.34. The number of esters is 1. The molecule has 1 unspecified atom stereocenters. The van der Waals surface area contributed by atoms with E-state index in [2.05, 4.69) is 17.4 Å². The molecule has 0 radical (unpaired) electrons. The average Bonchev–Trinajstić information content (AvgIpc) is 2.87. The first-order chi connectivity index (χ1) is 16.6. The Hall–Kier alpha value is -3.99. The molecule has 3 aromatic carbocycles. The molecule has 1 N–H and O–H groups in total. The highest BCUT2D eigenvalue weighted by molar-refractivity contribution is 5.79. The van der Waals surface area contributed by atoms with Crippen LogP contribution in [0.2, 0.25) is 0 Å². The van der Waals surface area contributed by atoms with Gasteiger partial charge in [0.05, 0.1) is 24.2 Å². The fourth-order valence-corrected chi connectivity index (χ4v) is 3.87. The molecule has 5 nitrogen and oxygen atoms in total. The fraction of sp³-hybridized carbons (Fsp3) is 0.207. The number of benzene rings is 3. The van der Waals surface area contributed by atoms with Crippen LogP contribution in [0.25, 0.3) is 11.3 Å². The summed E-state index contributed by atoms with van der Waals surface area (Å²) >= 11 is 0. The molecule has 0 saturated heterocycles. The van der Waals surface area contributed by atoms with Gasteiger partial charge < -0.3 is 10.1 Å². The molecule has 4 aromatic rings. The largest absolute Gasteiger partial charge is 0.464 e. The molecule has 0 aliphatic heterocycles. The molecule has 1 aromatic heterocycles. The number of ether oxygens (including phenoxy) is 1. The number of nitrogens with one attached hydrogen (secondary N) is 1. The number of carbonyl (C=O) groups excluding carboxylic acids is 1. The maximum atomic E-state index is 12.9. The van der Waals surface area contributed by atoms with Crippen LogP contribution in [-0.4, -0.2) is 28.6 Å². The molecule has 0 bridgehead atoms. The minimum atomic E-state index is -0.576. The van der Waals surface area contributed by atoms with E-state index in [1.165, 1.54) is 0 Å². The first-order valence-electron chi connectivity index (χ1n) is 11.6. The second kappa shape index (κ2) is 11.2. The second-order valence-electron chi connectivity index (χ2n) is 8.16. The van der Waals surface area contributed by atoms with Crippen molar-refractivity contribution in [3.63, 3.8) is 0 Å². The van der Waals surface area contributed by atoms with Crippen LogP contribution in [-0.2, 0) is 22.4 Å². The van der Waals surface area contributed by atoms with Crippen LogP contribution in [0.3, 0.4) is 0 Å². The van der Waals surface area contributed by atoms with Gasteiger partial charge >= 0.3 is 5.97 Å². The van der Waals surface area contributed by atoms with Crippen LogP contribution in [0.1, 0.15) is 29.3 Å². The number of aromatic nitrogens is 2. The zero-order valence-corrected chi connectivity index (χ0v) is 19.6. The Bertz CT molecular complexity index is 1230. The Morgan fingerprint density at radius 3 is 2.32 bits per heavy atom. The molecule has 172 valence electrons. The Morgan fingerprint density at radius 1 is 0.941 bits per heavy atom. The van der Waals surface area contributed by atoms with Crippen molar-refractivity contribution >= 4 is 11.8 Å². The van der Waals surface area contributed by atoms with Gasteiger partial charge in [0.1, 0.15) is 11.9 Å². The van der Waals surface area contributed by atoms with E-state index in [0.717, 1.165) is 33.6 Å². The summed E-state index contributed by atoms with van der Waals surface area (Å²) in [5.41, 5.74) is 5.92. The van der Waals surface area contributed by atoms with Gasteiger partial charge in [-0.1, -0.05) is 84.9 Å². The van der Waals surface area contributed by atoms with Crippen molar-refractivity contribution in [3.05, 3.63) is 114 Å². The van der Waals surface area contributed by atoms with Crippen molar-refractivity contribution < 1.29 is 9.53 Å². The van der Waals surface area contributed by atoms with Crippen molar-refractivity contribution in [1.82, 2.24) is 9.97 Å². The summed E-state index contributed by atoms with van der Waals surface area (Å²) in [5.74, 6) is 0.292. The molecule has 4 rings (SSSR count). The van der Waals surface area contributed by atoms with Gasteiger partial charge in [0, 0.05) is 18.4 Å². The molecular weight excluding hydrogens is 422 g/mol. The summed E-state index contributed by atoms with van der Waals surface area (Å²) in [7, 11) is 0. The van der Waals surface area contributed by atoms with E-state index >= 15 is 0 Å². The van der Waals surface area contributed by atoms with Crippen molar-refractivity contribution in [3.8, 4) is 11.3 Å². The highest BCUT2D eigenvalue weighted by Gasteiger charge is 2.23. The van der Waals surface area contributed by atoms with Gasteiger partial charge in [-0.2, -0.15) is 0 Å². The quantitative estimate of drug-likeness (QED) is 0.334. The lowest BCUT2D eigenvalue weighted by atomic mass is 10.0. The Labute approximate surface area is 200 Å². The van der Waals surface area contributed by atoms with Crippen molar-refractivity contribution in [1.29, 1.82) is 0 Å². The Kier molecular flexibility index (Phi) is 7.66. The molecule has 0 aliphatic carbocycles. The van der Waals surface area contributed by atoms with E-state index in [-0.39, 0.29) is 5.97 Å². The van der Waals surface area contributed by atoms with E-state index in [9.17, 15) is 4.79 Å². The molecule has 0 fully saturated rings. The summed E-state index contributed by atoms with van der Waals surface area (Å²) in [5, 5.41) is 3.36. The Balaban J connectivity index is 1.69. The lowest BCUT2D eigenvalue weighted by molar-refractivity contribution is -0.144. The van der Waals surface area contributed by atoms with Crippen molar-refractivity contribution in [2.45, 2.75) is 32.7 Å². The number of nitrogens with zero attached hydrogens (tertiary/aromatic N) is 2. The molecule has 0 amide bonds. The summed E-state index contributed by atoms with van der Waals surface area (Å²) in [6.07, 6.45) is 2.84. The fourth-order valence-electron chi connectivity index (χ4n) is 3.87. The molecule has 34 heavy (non-hydrogen) atoms. The summed E-state index contributed by atoms with van der Waals surface area (Å²) < 4.78 is 5.39. The van der Waals surface area contributed by atoms with Crippen LogP contribution >= 0.6 is 0 Å². The first-order valence-corrected chi connectivity index (χ1v) is 11.6.